The predicted octanol–water partition coefficient (Wildman–Crippen LogP) is 2.43. The molecule has 0 aliphatic carbocycles. The quantitative estimate of drug-likeness (QED) is 0.418. The normalized spacial score (nSPS) is 19.7. The molecule has 2 saturated heterocycles. The molecule has 31 heavy (non-hydrogen) atoms. The van der Waals surface area contributed by atoms with Gasteiger partial charge in [-0.1, -0.05) is 6.07 Å². The summed E-state index contributed by atoms with van der Waals surface area (Å²) < 4.78 is 39.0. The molecule has 2 aliphatic heterocycles. The fourth-order valence-corrected chi connectivity index (χ4v) is 4.12. The van der Waals surface area contributed by atoms with Gasteiger partial charge in [-0.15, -0.1) is 0 Å². The Morgan fingerprint density at radius 2 is 1.71 bits per heavy atom. The van der Waals surface area contributed by atoms with E-state index in [1.54, 1.807) is 13.1 Å². The standard InChI is InChI=1S/C22H35F3N6/c1-26-21(27-8-3-4-9-29-12-10-28(2)11-13-29)31-16-14-30(15-17-31)20-7-5-6-19(18-20)22(23,24)25/h5-7,18H,3-4,8-17H2,1-2H3,(H,26,27). The number of guanidine groups is 1. The molecule has 2 heterocycles. The number of hydrogen-bond acceptors (Lipinski definition) is 4. The molecular formula is C22H35F3N6. The molecular weight excluding hydrogens is 405 g/mol. The fourth-order valence-electron chi connectivity index (χ4n) is 4.12. The third-order valence-electron chi connectivity index (χ3n) is 6.11. The van der Waals surface area contributed by atoms with E-state index >= 15 is 0 Å². The Balaban J connectivity index is 1.38. The molecule has 0 saturated carbocycles. The topological polar surface area (TPSA) is 37.4 Å². The van der Waals surface area contributed by atoms with Crippen LogP contribution in [0.4, 0.5) is 18.9 Å². The van der Waals surface area contributed by atoms with Gasteiger partial charge in [-0.2, -0.15) is 13.2 Å². The summed E-state index contributed by atoms with van der Waals surface area (Å²) in [6, 6.07) is 5.59. The highest BCUT2D eigenvalue weighted by molar-refractivity contribution is 5.80. The number of rotatable bonds is 6. The lowest BCUT2D eigenvalue weighted by Crippen LogP contribution is -2.52. The summed E-state index contributed by atoms with van der Waals surface area (Å²) in [5, 5.41) is 3.45. The van der Waals surface area contributed by atoms with Gasteiger partial charge in [0.1, 0.15) is 0 Å². The lowest BCUT2D eigenvalue weighted by molar-refractivity contribution is -0.137. The molecule has 1 aromatic rings. The highest BCUT2D eigenvalue weighted by Gasteiger charge is 2.31. The number of benzene rings is 1. The van der Waals surface area contributed by atoms with Crippen molar-refractivity contribution < 1.29 is 13.2 Å². The van der Waals surface area contributed by atoms with E-state index in [1.165, 1.54) is 12.1 Å². The summed E-state index contributed by atoms with van der Waals surface area (Å²) in [6.45, 7) is 9.45. The molecule has 9 heteroatoms. The van der Waals surface area contributed by atoms with Crippen LogP contribution in [0.3, 0.4) is 0 Å². The highest BCUT2D eigenvalue weighted by atomic mass is 19.4. The number of unbranched alkanes of at least 4 members (excludes halogenated alkanes) is 1. The number of anilines is 1. The van der Waals surface area contributed by atoms with Crippen LogP contribution in [0.5, 0.6) is 0 Å². The average Bonchev–Trinajstić information content (AvgIpc) is 2.77. The summed E-state index contributed by atoms with van der Waals surface area (Å²) in [5.74, 6) is 0.878. The van der Waals surface area contributed by atoms with Crippen molar-refractivity contribution in [1.29, 1.82) is 0 Å². The molecule has 2 fully saturated rings. The van der Waals surface area contributed by atoms with Gasteiger partial charge < -0.3 is 24.9 Å². The number of alkyl halides is 3. The summed E-state index contributed by atoms with van der Waals surface area (Å²) in [5.41, 5.74) is 0.0304. The molecule has 0 unspecified atom stereocenters. The lowest BCUT2D eigenvalue weighted by atomic mass is 10.1. The molecule has 0 bridgehead atoms. The largest absolute Gasteiger partial charge is 0.416 e. The van der Waals surface area contributed by atoms with Crippen LogP contribution in [-0.4, -0.2) is 100 Å². The monoisotopic (exact) mass is 440 g/mol. The Hall–Kier alpha value is -2.00. The van der Waals surface area contributed by atoms with Gasteiger partial charge in [-0.25, -0.2) is 0 Å². The Bertz CT molecular complexity index is 707. The van der Waals surface area contributed by atoms with Crippen molar-refractivity contribution in [3.8, 4) is 0 Å². The van der Waals surface area contributed by atoms with Crippen LogP contribution in [0.1, 0.15) is 18.4 Å². The van der Waals surface area contributed by atoms with Crippen molar-refractivity contribution in [2.24, 2.45) is 4.99 Å². The van der Waals surface area contributed by atoms with Gasteiger partial charge in [-0.05, 0) is 44.6 Å². The zero-order valence-electron chi connectivity index (χ0n) is 18.7. The Kier molecular flexibility index (Phi) is 8.43. The summed E-state index contributed by atoms with van der Waals surface area (Å²) in [7, 11) is 3.96. The van der Waals surface area contributed by atoms with E-state index in [0.717, 1.165) is 77.2 Å². The zero-order valence-corrected chi connectivity index (χ0v) is 18.7. The van der Waals surface area contributed by atoms with E-state index in [1.807, 2.05) is 4.90 Å². The van der Waals surface area contributed by atoms with Crippen LogP contribution in [0.2, 0.25) is 0 Å². The smallest absolute Gasteiger partial charge is 0.368 e. The number of piperazine rings is 2. The average molecular weight is 441 g/mol. The number of aliphatic imine (C=N–C) groups is 1. The first kappa shape index (κ1) is 23.7. The van der Waals surface area contributed by atoms with Crippen LogP contribution in [0.15, 0.2) is 29.3 Å². The Labute approximate surface area is 183 Å². The molecule has 0 amide bonds. The van der Waals surface area contributed by atoms with Gasteiger partial charge in [0, 0.05) is 71.6 Å². The molecule has 1 N–H and O–H groups in total. The van der Waals surface area contributed by atoms with E-state index < -0.39 is 11.7 Å². The van der Waals surface area contributed by atoms with Gasteiger partial charge in [0.2, 0.25) is 0 Å². The van der Waals surface area contributed by atoms with Gasteiger partial charge in [-0.3, -0.25) is 4.99 Å². The minimum Gasteiger partial charge on any atom is -0.368 e. The van der Waals surface area contributed by atoms with Crippen molar-refractivity contribution in [2.45, 2.75) is 19.0 Å². The zero-order chi connectivity index (χ0) is 22.3. The first-order chi connectivity index (χ1) is 14.9. The third-order valence-corrected chi connectivity index (χ3v) is 6.11. The molecule has 3 rings (SSSR count). The molecule has 2 aliphatic rings. The minimum absolute atomic E-state index is 0.596. The molecule has 0 aromatic heterocycles. The van der Waals surface area contributed by atoms with Gasteiger partial charge in [0.15, 0.2) is 5.96 Å². The second-order valence-corrected chi connectivity index (χ2v) is 8.35. The number of nitrogens with one attached hydrogen (secondary N) is 1. The van der Waals surface area contributed by atoms with Crippen LogP contribution < -0.4 is 10.2 Å². The number of likely N-dealkylation sites (N-methyl/N-ethyl adjacent to an activating group) is 1. The second kappa shape index (κ2) is 11.0. The second-order valence-electron chi connectivity index (χ2n) is 8.35. The Morgan fingerprint density at radius 1 is 1.00 bits per heavy atom. The maximum atomic E-state index is 13.0. The lowest BCUT2D eigenvalue weighted by Gasteiger charge is -2.38. The first-order valence-corrected chi connectivity index (χ1v) is 11.2. The number of nitrogens with zero attached hydrogens (tertiary/aromatic N) is 5. The molecule has 0 atom stereocenters. The fraction of sp³-hybridized carbons (Fsp3) is 0.682. The van der Waals surface area contributed by atoms with Crippen molar-refractivity contribution in [3.63, 3.8) is 0 Å². The van der Waals surface area contributed by atoms with Crippen LogP contribution >= 0.6 is 0 Å². The van der Waals surface area contributed by atoms with E-state index in [-0.39, 0.29) is 0 Å². The van der Waals surface area contributed by atoms with Gasteiger partial charge in [0.05, 0.1) is 5.56 Å². The van der Waals surface area contributed by atoms with Crippen molar-refractivity contribution in [3.05, 3.63) is 29.8 Å². The Morgan fingerprint density at radius 3 is 2.35 bits per heavy atom. The minimum atomic E-state index is -4.31. The maximum Gasteiger partial charge on any atom is 0.416 e. The summed E-state index contributed by atoms with van der Waals surface area (Å²) in [4.78, 5) is 13.5. The summed E-state index contributed by atoms with van der Waals surface area (Å²) >= 11 is 0. The van der Waals surface area contributed by atoms with E-state index in [2.05, 4.69) is 32.1 Å². The van der Waals surface area contributed by atoms with Crippen LogP contribution in [-0.2, 0) is 6.18 Å². The number of halogens is 3. The summed E-state index contributed by atoms with van der Waals surface area (Å²) in [6.07, 6.45) is -2.05. The predicted molar refractivity (Wildman–Crippen MR) is 120 cm³/mol. The van der Waals surface area contributed by atoms with Crippen molar-refractivity contribution in [1.82, 2.24) is 20.0 Å². The molecule has 6 nitrogen and oxygen atoms in total. The van der Waals surface area contributed by atoms with Crippen molar-refractivity contribution >= 4 is 11.6 Å². The van der Waals surface area contributed by atoms with Crippen LogP contribution in [0, 0.1) is 0 Å². The van der Waals surface area contributed by atoms with E-state index in [9.17, 15) is 13.2 Å². The number of hydrogen-bond donors (Lipinski definition) is 1. The van der Waals surface area contributed by atoms with Gasteiger partial charge >= 0.3 is 6.18 Å². The molecule has 1 aromatic carbocycles. The molecule has 0 spiro atoms. The SMILES string of the molecule is CN=C(NCCCCN1CCN(C)CC1)N1CCN(c2cccc(C(F)(F)F)c2)CC1. The van der Waals surface area contributed by atoms with E-state index in [4.69, 9.17) is 0 Å². The molecule has 0 radical (unpaired) electrons. The maximum absolute atomic E-state index is 13.0. The van der Waals surface area contributed by atoms with Gasteiger partial charge in [0.25, 0.3) is 0 Å². The molecule has 174 valence electrons. The highest BCUT2D eigenvalue weighted by Crippen LogP contribution is 2.31. The van der Waals surface area contributed by atoms with Crippen molar-refractivity contribution in [2.75, 3.05) is 84.4 Å². The third kappa shape index (κ3) is 7.00. The van der Waals surface area contributed by atoms with Crippen LogP contribution in [0.25, 0.3) is 0 Å². The first-order valence-electron chi connectivity index (χ1n) is 11.2. The van der Waals surface area contributed by atoms with E-state index in [0.29, 0.717) is 18.8 Å².